The number of methoxy groups -OCH3 is 1. The van der Waals surface area contributed by atoms with Crippen LogP contribution in [0.4, 0.5) is 0 Å². The van der Waals surface area contributed by atoms with Crippen LogP contribution >= 0.6 is 0 Å². The summed E-state index contributed by atoms with van der Waals surface area (Å²) in [7, 11) is 1.58. The van der Waals surface area contributed by atoms with Crippen LogP contribution < -0.4 is 4.74 Å². The molecule has 0 amide bonds. The van der Waals surface area contributed by atoms with E-state index in [1.54, 1.807) is 26.3 Å². The Hall–Kier alpha value is -2.36. The molecule has 0 aliphatic heterocycles. The summed E-state index contributed by atoms with van der Waals surface area (Å²) in [6.07, 6.45) is 1.62. The second-order valence-corrected chi connectivity index (χ2v) is 4.37. The zero-order valence-electron chi connectivity index (χ0n) is 11.1. The average Bonchev–Trinajstić information content (AvgIpc) is 2.38. The third-order valence-electron chi connectivity index (χ3n) is 3.05. The first-order chi connectivity index (χ1) is 9.02. The molecule has 0 radical (unpaired) electrons. The summed E-state index contributed by atoms with van der Waals surface area (Å²) in [6.45, 7) is 3.74. The monoisotopic (exact) mass is 257 g/mol. The fourth-order valence-corrected chi connectivity index (χ4v) is 2.02. The van der Waals surface area contributed by atoms with E-state index in [0.29, 0.717) is 11.3 Å². The van der Waals surface area contributed by atoms with Gasteiger partial charge in [-0.05, 0) is 43.2 Å². The SMILES string of the molecule is COc1ccc(-c2cc(C(=O)O)c(C)cc2C)nc1. The minimum atomic E-state index is -0.924. The van der Waals surface area contributed by atoms with Gasteiger partial charge in [-0.15, -0.1) is 0 Å². The van der Waals surface area contributed by atoms with Gasteiger partial charge in [-0.25, -0.2) is 4.79 Å². The van der Waals surface area contributed by atoms with Gasteiger partial charge in [0, 0.05) is 5.56 Å². The van der Waals surface area contributed by atoms with Gasteiger partial charge in [-0.3, -0.25) is 4.98 Å². The van der Waals surface area contributed by atoms with Crippen LogP contribution in [0, 0.1) is 13.8 Å². The molecule has 1 heterocycles. The van der Waals surface area contributed by atoms with E-state index < -0.39 is 5.97 Å². The number of ether oxygens (including phenoxy) is 1. The highest BCUT2D eigenvalue weighted by Crippen LogP contribution is 2.26. The Kier molecular flexibility index (Phi) is 3.51. The van der Waals surface area contributed by atoms with E-state index >= 15 is 0 Å². The summed E-state index contributed by atoms with van der Waals surface area (Å²) in [5.41, 5.74) is 3.62. The second-order valence-electron chi connectivity index (χ2n) is 4.37. The molecule has 1 aromatic heterocycles. The Labute approximate surface area is 111 Å². The van der Waals surface area contributed by atoms with E-state index in [-0.39, 0.29) is 0 Å². The molecule has 2 aromatic rings. The Morgan fingerprint density at radius 3 is 2.47 bits per heavy atom. The van der Waals surface area contributed by atoms with Crippen molar-refractivity contribution >= 4 is 5.97 Å². The highest BCUT2D eigenvalue weighted by Gasteiger charge is 2.12. The molecule has 0 aliphatic rings. The van der Waals surface area contributed by atoms with Gasteiger partial charge >= 0.3 is 5.97 Å². The number of aromatic nitrogens is 1. The molecule has 98 valence electrons. The number of nitrogens with zero attached hydrogens (tertiary/aromatic N) is 1. The van der Waals surface area contributed by atoms with Crippen molar-refractivity contribution in [1.29, 1.82) is 0 Å². The van der Waals surface area contributed by atoms with Crippen LogP contribution in [0.2, 0.25) is 0 Å². The lowest BCUT2D eigenvalue weighted by atomic mass is 9.97. The number of carboxylic acid groups (broad SMARTS) is 1. The fourth-order valence-electron chi connectivity index (χ4n) is 2.02. The first kappa shape index (κ1) is 13.1. The summed E-state index contributed by atoms with van der Waals surface area (Å²) in [5, 5.41) is 9.17. The third-order valence-corrected chi connectivity index (χ3v) is 3.05. The van der Waals surface area contributed by atoms with Crippen molar-refractivity contribution in [2.45, 2.75) is 13.8 Å². The number of aryl methyl sites for hydroxylation is 2. The zero-order valence-corrected chi connectivity index (χ0v) is 11.1. The van der Waals surface area contributed by atoms with Crippen molar-refractivity contribution in [3.05, 3.63) is 47.2 Å². The van der Waals surface area contributed by atoms with Gasteiger partial charge < -0.3 is 9.84 Å². The molecule has 0 fully saturated rings. The van der Waals surface area contributed by atoms with Gasteiger partial charge in [0.2, 0.25) is 0 Å². The number of aromatic carboxylic acids is 1. The normalized spacial score (nSPS) is 10.3. The maximum atomic E-state index is 11.2. The van der Waals surface area contributed by atoms with E-state index in [0.717, 1.165) is 22.4 Å². The molecule has 0 saturated carbocycles. The maximum absolute atomic E-state index is 11.2. The molecular weight excluding hydrogens is 242 g/mol. The summed E-state index contributed by atoms with van der Waals surface area (Å²) >= 11 is 0. The lowest BCUT2D eigenvalue weighted by Crippen LogP contribution is -2.01. The lowest BCUT2D eigenvalue weighted by molar-refractivity contribution is 0.0696. The van der Waals surface area contributed by atoms with Gasteiger partial charge in [-0.1, -0.05) is 6.07 Å². The number of carboxylic acids is 1. The van der Waals surface area contributed by atoms with Crippen LogP contribution in [0.15, 0.2) is 30.5 Å². The number of hydrogen-bond acceptors (Lipinski definition) is 3. The molecule has 4 nitrogen and oxygen atoms in total. The summed E-state index contributed by atoms with van der Waals surface area (Å²) in [5.74, 6) is -0.251. The first-order valence-corrected chi connectivity index (χ1v) is 5.88. The van der Waals surface area contributed by atoms with E-state index in [9.17, 15) is 4.79 Å². The zero-order chi connectivity index (χ0) is 14.0. The molecule has 4 heteroatoms. The van der Waals surface area contributed by atoms with Crippen molar-refractivity contribution in [3.63, 3.8) is 0 Å². The van der Waals surface area contributed by atoms with Crippen molar-refractivity contribution in [1.82, 2.24) is 4.98 Å². The van der Waals surface area contributed by atoms with Gasteiger partial charge in [0.25, 0.3) is 0 Å². The molecular formula is C15H15NO3. The number of carbonyl (C=O) groups is 1. The predicted octanol–water partition coefficient (Wildman–Crippen LogP) is 3.07. The Balaban J connectivity index is 2.54. The van der Waals surface area contributed by atoms with Crippen LogP contribution in [-0.2, 0) is 0 Å². The van der Waals surface area contributed by atoms with E-state index in [4.69, 9.17) is 9.84 Å². The number of hydrogen-bond donors (Lipinski definition) is 1. The van der Waals surface area contributed by atoms with Gasteiger partial charge in [0.15, 0.2) is 0 Å². The molecule has 1 aromatic carbocycles. The summed E-state index contributed by atoms with van der Waals surface area (Å²) in [6, 6.07) is 7.16. The smallest absolute Gasteiger partial charge is 0.335 e. The number of rotatable bonds is 3. The quantitative estimate of drug-likeness (QED) is 0.918. The highest BCUT2D eigenvalue weighted by atomic mass is 16.5. The molecule has 0 unspecified atom stereocenters. The summed E-state index contributed by atoms with van der Waals surface area (Å²) < 4.78 is 5.06. The van der Waals surface area contributed by atoms with Crippen LogP contribution in [-0.4, -0.2) is 23.2 Å². The molecule has 1 N–H and O–H groups in total. The molecule has 0 spiro atoms. The third kappa shape index (κ3) is 2.57. The molecule has 2 rings (SSSR count). The Bertz CT molecular complexity index is 618. The Morgan fingerprint density at radius 2 is 1.95 bits per heavy atom. The maximum Gasteiger partial charge on any atom is 0.335 e. The predicted molar refractivity (Wildman–Crippen MR) is 72.7 cm³/mol. The van der Waals surface area contributed by atoms with E-state index in [1.165, 1.54) is 0 Å². The average molecular weight is 257 g/mol. The van der Waals surface area contributed by atoms with Gasteiger partial charge in [0.05, 0.1) is 24.6 Å². The largest absolute Gasteiger partial charge is 0.495 e. The summed E-state index contributed by atoms with van der Waals surface area (Å²) in [4.78, 5) is 15.5. The van der Waals surface area contributed by atoms with Crippen LogP contribution in [0.25, 0.3) is 11.3 Å². The highest BCUT2D eigenvalue weighted by molar-refractivity contribution is 5.91. The second kappa shape index (κ2) is 5.10. The fraction of sp³-hybridized carbons (Fsp3) is 0.200. The van der Waals surface area contributed by atoms with Crippen molar-refractivity contribution in [2.75, 3.05) is 7.11 Å². The minimum Gasteiger partial charge on any atom is -0.495 e. The lowest BCUT2D eigenvalue weighted by Gasteiger charge is -2.10. The van der Waals surface area contributed by atoms with E-state index in [1.807, 2.05) is 25.1 Å². The van der Waals surface area contributed by atoms with Crippen LogP contribution in [0.3, 0.4) is 0 Å². The number of pyridine rings is 1. The van der Waals surface area contributed by atoms with Crippen LogP contribution in [0.1, 0.15) is 21.5 Å². The first-order valence-electron chi connectivity index (χ1n) is 5.88. The van der Waals surface area contributed by atoms with Gasteiger partial charge in [-0.2, -0.15) is 0 Å². The molecule has 0 atom stereocenters. The van der Waals surface area contributed by atoms with Gasteiger partial charge in [0.1, 0.15) is 5.75 Å². The van der Waals surface area contributed by atoms with Crippen molar-refractivity contribution < 1.29 is 14.6 Å². The van der Waals surface area contributed by atoms with E-state index in [2.05, 4.69) is 4.98 Å². The number of benzene rings is 1. The molecule has 0 saturated heterocycles. The standard InChI is InChI=1S/C15H15NO3/c1-9-6-10(2)13(15(17)18)7-12(9)14-5-4-11(19-3)8-16-14/h4-8H,1-3H3,(H,17,18). The molecule has 0 aliphatic carbocycles. The Morgan fingerprint density at radius 1 is 1.21 bits per heavy atom. The molecule has 19 heavy (non-hydrogen) atoms. The van der Waals surface area contributed by atoms with Crippen LogP contribution in [0.5, 0.6) is 5.75 Å². The topological polar surface area (TPSA) is 59.4 Å². The minimum absolute atomic E-state index is 0.304. The van der Waals surface area contributed by atoms with Crippen molar-refractivity contribution in [3.8, 4) is 17.0 Å². The van der Waals surface area contributed by atoms with Crippen molar-refractivity contribution in [2.24, 2.45) is 0 Å². The molecule has 0 bridgehead atoms.